The van der Waals surface area contributed by atoms with Crippen molar-refractivity contribution in [2.24, 2.45) is 0 Å². The highest BCUT2D eigenvalue weighted by atomic mass is 16.6. The average molecular weight is 430 g/mol. The van der Waals surface area contributed by atoms with Gasteiger partial charge < -0.3 is 19.1 Å². The van der Waals surface area contributed by atoms with Crippen molar-refractivity contribution in [3.8, 4) is 17.4 Å². The molecule has 10 heteroatoms. The van der Waals surface area contributed by atoms with E-state index in [2.05, 4.69) is 9.97 Å². The SMILES string of the molecule is CN(CC(=O)OC(C)(C)C)c1ncnc(Oc2cccc3c2OC(C)(C)C3)c1[N+](=O)[O-]. The van der Waals surface area contributed by atoms with Crippen molar-refractivity contribution in [1.82, 2.24) is 9.97 Å². The number of benzene rings is 1. The van der Waals surface area contributed by atoms with Crippen molar-refractivity contribution in [3.63, 3.8) is 0 Å². The number of aromatic nitrogens is 2. The zero-order valence-corrected chi connectivity index (χ0v) is 18.5. The van der Waals surface area contributed by atoms with E-state index in [1.807, 2.05) is 19.9 Å². The zero-order valence-electron chi connectivity index (χ0n) is 18.5. The smallest absolute Gasteiger partial charge is 0.373 e. The maximum absolute atomic E-state index is 12.2. The minimum atomic E-state index is -0.675. The Morgan fingerprint density at radius 1 is 1.32 bits per heavy atom. The highest BCUT2D eigenvalue weighted by Crippen LogP contribution is 2.45. The molecule has 1 aromatic carbocycles. The quantitative estimate of drug-likeness (QED) is 0.384. The number of ether oxygens (including phenoxy) is 3. The second kappa shape index (κ2) is 8.01. The summed E-state index contributed by atoms with van der Waals surface area (Å²) in [7, 11) is 1.51. The Morgan fingerprint density at radius 2 is 2.03 bits per heavy atom. The van der Waals surface area contributed by atoms with Gasteiger partial charge in [-0.1, -0.05) is 12.1 Å². The predicted molar refractivity (Wildman–Crippen MR) is 113 cm³/mol. The Morgan fingerprint density at radius 3 is 2.68 bits per heavy atom. The Labute approximate surface area is 180 Å². The summed E-state index contributed by atoms with van der Waals surface area (Å²) in [5, 5.41) is 11.9. The van der Waals surface area contributed by atoms with Crippen molar-refractivity contribution in [2.45, 2.75) is 52.2 Å². The van der Waals surface area contributed by atoms with Crippen LogP contribution in [0.3, 0.4) is 0 Å². The lowest BCUT2D eigenvalue weighted by molar-refractivity contribution is -0.385. The molecule has 166 valence electrons. The summed E-state index contributed by atoms with van der Waals surface area (Å²) in [6, 6.07) is 5.38. The summed E-state index contributed by atoms with van der Waals surface area (Å²) in [5.74, 6) is 0.0130. The summed E-state index contributed by atoms with van der Waals surface area (Å²) in [6.45, 7) is 8.90. The Bertz CT molecular complexity index is 1020. The first kappa shape index (κ1) is 22.3. The van der Waals surface area contributed by atoms with E-state index in [0.717, 1.165) is 11.9 Å². The molecule has 0 unspecified atom stereocenters. The van der Waals surface area contributed by atoms with Gasteiger partial charge in [-0.25, -0.2) is 4.98 Å². The summed E-state index contributed by atoms with van der Waals surface area (Å²) in [4.78, 5) is 32.7. The number of likely N-dealkylation sites (N-methyl/N-ethyl adjacent to an activating group) is 1. The summed E-state index contributed by atoms with van der Waals surface area (Å²) >= 11 is 0. The fraction of sp³-hybridized carbons (Fsp3) is 0.476. The lowest BCUT2D eigenvalue weighted by Gasteiger charge is -2.23. The minimum Gasteiger partial charge on any atom is -0.483 e. The maximum atomic E-state index is 12.2. The van der Waals surface area contributed by atoms with Gasteiger partial charge in [0, 0.05) is 19.0 Å². The van der Waals surface area contributed by atoms with Gasteiger partial charge in [0.15, 0.2) is 11.5 Å². The molecular weight excluding hydrogens is 404 g/mol. The number of carbonyl (C=O) groups excluding carboxylic acids is 1. The molecule has 1 aliphatic rings. The molecule has 1 aromatic heterocycles. The molecule has 0 fully saturated rings. The number of carbonyl (C=O) groups is 1. The number of nitro groups is 1. The van der Waals surface area contributed by atoms with E-state index < -0.39 is 27.8 Å². The van der Waals surface area contributed by atoms with Gasteiger partial charge in [-0.15, -0.1) is 0 Å². The van der Waals surface area contributed by atoms with Crippen LogP contribution in [0.4, 0.5) is 11.5 Å². The molecule has 3 rings (SSSR count). The normalized spacial score (nSPS) is 14.4. The number of anilines is 1. The van der Waals surface area contributed by atoms with Crippen LogP contribution in [0.1, 0.15) is 40.2 Å². The topological polar surface area (TPSA) is 117 Å². The van der Waals surface area contributed by atoms with Crippen LogP contribution in [0.5, 0.6) is 17.4 Å². The lowest BCUT2D eigenvalue weighted by atomic mass is 10.0. The molecule has 0 saturated carbocycles. The van der Waals surface area contributed by atoms with E-state index in [1.165, 1.54) is 11.9 Å². The highest BCUT2D eigenvalue weighted by molar-refractivity contribution is 5.77. The van der Waals surface area contributed by atoms with E-state index in [-0.39, 0.29) is 18.2 Å². The van der Waals surface area contributed by atoms with Gasteiger partial charge in [-0.05, 0) is 40.7 Å². The standard InChI is InChI=1S/C21H26N4O6/c1-20(2,3)30-15(26)11-24(6)18-16(25(27)28)19(23-12-22-18)29-14-9-7-8-13-10-21(4,5)31-17(13)14/h7-9,12H,10-11H2,1-6H3. The Kier molecular flexibility index (Phi) is 5.75. The summed E-state index contributed by atoms with van der Waals surface area (Å²) in [6.07, 6.45) is 1.84. The third-order valence-corrected chi connectivity index (χ3v) is 4.36. The van der Waals surface area contributed by atoms with Gasteiger partial charge in [-0.2, -0.15) is 4.98 Å². The van der Waals surface area contributed by atoms with Gasteiger partial charge in [0.2, 0.25) is 5.82 Å². The van der Waals surface area contributed by atoms with Crippen molar-refractivity contribution in [2.75, 3.05) is 18.5 Å². The first-order chi connectivity index (χ1) is 14.4. The van der Waals surface area contributed by atoms with E-state index in [1.54, 1.807) is 32.9 Å². The van der Waals surface area contributed by atoms with Crippen LogP contribution in [0.25, 0.3) is 0 Å². The molecule has 0 atom stereocenters. The molecule has 0 bridgehead atoms. The van der Waals surface area contributed by atoms with Crippen LogP contribution in [0.2, 0.25) is 0 Å². The van der Waals surface area contributed by atoms with Gasteiger partial charge >= 0.3 is 17.5 Å². The van der Waals surface area contributed by atoms with Crippen LogP contribution in [-0.2, 0) is 16.0 Å². The molecule has 0 spiro atoms. The number of nitrogens with zero attached hydrogens (tertiary/aromatic N) is 4. The van der Waals surface area contributed by atoms with Crippen LogP contribution < -0.4 is 14.4 Å². The number of rotatable bonds is 6. The van der Waals surface area contributed by atoms with E-state index in [0.29, 0.717) is 17.9 Å². The van der Waals surface area contributed by atoms with Gasteiger partial charge in [0.25, 0.3) is 0 Å². The van der Waals surface area contributed by atoms with Crippen LogP contribution >= 0.6 is 0 Å². The fourth-order valence-electron chi connectivity index (χ4n) is 3.28. The van der Waals surface area contributed by atoms with Crippen LogP contribution in [0.15, 0.2) is 24.5 Å². The highest BCUT2D eigenvalue weighted by Gasteiger charge is 2.34. The molecule has 0 aliphatic carbocycles. The molecule has 31 heavy (non-hydrogen) atoms. The predicted octanol–water partition coefficient (Wildman–Crippen LogP) is 3.67. The summed E-state index contributed by atoms with van der Waals surface area (Å²) in [5.41, 5.74) is -0.589. The Balaban J connectivity index is 1.91. The number of hydrogen-bond acceptors (Lipinski definition) is 9. The molecule has 2 heterocycles. The van der Waals surface area contributed by atoms with Crippen molar-refractivity contribution in [1.29, 1.82) is 0 Å². The number of hydrogen-bond donors (Lipinski definition) is 0. The van der Waals surface area contributed by atoms with E-state index >= 15 is 0 Å². The number of fused-ring (bicyclic) bond motifs is 1. The number of para-hydroxylation sites is 1. The van der Waals surface area contributed by atoms with Gasteiger partial charge in [0.05, 0.1) is 4.92 Å². The van der Waals surface area contributed by atoms with Crippen molar-refractivity contribution in [3.05, 3.63) is 40.2 Å². The average Bonchev–Trinajstić information content (AvgIpc) is 2.94. The molecule has 1 aliphatic heterocycles. The molecule has 0 N–H and O–H groups in total. The van der Waals surface area contributed by atoms with Crippen molar-refractivity contribution < 1.29 is 23.9 Å². The van der Waals surface area contributed by atoms with Gasteiger partial charge in [-0.3, -0.25) is 14.9 Å². The second-order valence-corrected chi connectivity index (χ2v) is 8.94. The fourth-order valence-corrected chi connectivity index (χ4v) is 3.28. The molecule has 0 saturated heterocycles. The minimum absolute atomic E-state index is 0.0605. The first-order valence-corrected chi connectivity index (χ1v) is 9.77. The lowest BCUT2D eigenvalue weighted by Crippen LogP contribution is -2.33. The van der Waals surface area contributed by atoms with Gasteiger partial charge in [0.1, 0.15) is 24.1 Å². The molecule has 0 amide bonds. The molecule has 2 aromatic rings. The maximum Gasteiger partial charge on any atom is 0.373 e. The number of esters is 1. The van der Waals surface area contributed by atoms with E-state index in [4.69, 9.17) is 14.2 Å². The Hall–Kier alpha value is -3.43. The molecular formula is C21H26N4O6. The first-order valence-electron chi connectivity index (χ1n) is 9.77. The largest absolute Gasteiger partial charge is 0.483 e. The van der Waals surface area contributed by atoms with Crippen LogP contribution in [-0.4, -0.2) is 45.7 Å². The third kappa shape index (κ3) is 5.19. The van der Waals surface area contributed by atoms with Crippen molar-refractivity contribution >= 4 is 17.5 Å². The van der Waals surface area contributed by atoms with E-state index in [9.17, 15) is 14.9 Å². The monoisotopic (exact) mass is 430 g/mol. The molecule has 0 radical (unpaired) electrons. The zero-order chi connectivity index (χ0) is 23.0. The summed E-state index contributed by atoms with van der Waals surface area (Å²) < 4.78 is 17.1. The molecule has 10 nitrogen and oxygen atoms in total. The second-order valence-electron chi connectivity index (χ2n) is 8.94. The van der Waals surface area contributed by atoms with Crippen LogP contribution in [0, 0.1) is 10.1 Å². The third-order valence-electron chi connectivity index (χ3n) is 4.36.